The third-order valence-corrected chi connectivity index (χ3v) is 5.76. The normalized spacial score (nSPS) is 22.5. The van der Waals surface area contributed by atoms with Crippen LogP contribution in [0.2, 0.25) is 0 Å². The van der Waals surface area contributed by atoms with E-state index in [-0.39, 0.29) is 36.1 Å². The summed E-state index contributed by atoms with van der Waals surface area (Å²) in [4.78, 5) is 41.5. The monoisotopic (exact) mass is 401 g/mol. The predicted molar refractivity (Wildman–Crippen MR) is 109 cm³/mol. The average Bonchev–Trinajstić information content (AvgIpc) is 2.78. The molecule has 1 aromatic rings. The summed E-state index contributed by atoms with van der Waals surface area (Å²) in [6, 6.07) is 9.37. The molecule has 1 atom stereocenters. The summed E-state index contributed by atoms with van der Waals surface area (Å²) in [5, 5.41) is 2.93. The summed E-state index contributed by atoms with van der Waals surface area (Å²) in [7, 11) is 0. The third-order valence-electron chi connectivity index (χ3n) is 5.76. The number of ether oxygens (including phenoxy) is 1. The molecule has 158 valence electrons. The molecule has 2 aliphatic rings. The van der Waals surface area contributed by atoms with Gasteiger partial charge in [0.2, 0.25) is 17.7 Å². The maximum Gasteiger partial charge on any atom is 0.225 e. The van der Waals surface area contributed by atoms with E-state index in [2.05, 4.69) is 5.32 Å². The summed E-state index contributed by atoms with van der Waals surface area (Å²) in [5.41, 5.74) is 0.951. The van der Waals surface area contributed by atoms with Gasteiger partial charge in [-0.3, -0.25) is 14.4 Å². The molecule has 1 N–H and O–H groups in total. The van der Waals surface area contributed by atoms with Gasteiger partial charge in [-0.15, -0.1) is 0 Å². The molecule has 0 radical (unpaired) electrons. The van der Waals surface area contributed by atoms with E-state index < -0.39 is 0 Å². The molecule has 1 unspecified atom stereocenters. The van der Waals surface area contributed by atoms with Crippen LogP contribution < -0.4 is 5.32 Å². The van der Waals surface area contributed by atoms with Crippen molar-refractivity contribution in [1.29, 1.82) is 0 Å². The van der Waals surface area contributed by atoms with Crippen LogP contribution in [0.3, 0.4) is 0 Å². The second-order valence-electron chi connectivity index (χ2n) is 7.76. The second-order valence-corrected chi connectivity index (χ2v) is 7.76. The highest BCUT2D eigenvalue weighted by Crippen LogP contribution is 2.25. The fourth-order valence-corrected chi connectivity index (χ4v) is 4.16. The van der Waals surface area contributed by atoms with Crippen molar-refractivity contribution in [3.63, 3.8) is 0 Å². The fourth-order valence-electron chi connectivity index (χ4n) is 4.16. The number of carbonyl (C=O) groups is 3. The first-order valence-electron chi connectivity index (χ1n) is 10.5. The second kappa shape index (κ2) is 10.4. The molecule has 1 aromatic carbocycles. The van der Waals surface area contributed by atoms with Crippen LogP contribution in [-0.2, 0) is 19.1 Å². The first-order chi connectivity index (χ1) is 14.1. The van der Waals surface area contributed by atoms with Crippen molar-refractivity contribution in [2.24, 2.45) is 5.92 Å². The van der Waals surface area contributed by atoms with Gasteiger partial charge in [0.15, 0.2) is 0 Å². The van der Waals surface area contributed by atoms with Crippen molar-refractivity contribution in [3.05, 3.63) is 35.9 Å². The van der Waals surface area contributed by atoms with E-state index in [1.54, 1.807) is 11.8 Å². The van der Waals surface area contributed by atoms with Crippen molar-refractivity contribution in [3.8, 4) is 0 Å². The molecule has 0 bridgehead atoms. The molecule has 2 saturated heterocycles. The summed E-state index contributed by atoms with van der Waals surface area (Å²) in [5.74, 6) is -0.0417. The molecular formula is C22H31N3O4. The van der Waals surface area contributed by atoms with Crippen LogP contribution in [0.15, 0.2) is 30.3 Å². The van der Waals surface area contributed by atoms with Gasteiger partial charge < -0.3 is 19.9 Å². The van der Waals surface area contributed by atoms with Gasteiger partial charge in [-0.25, -0.2) is 0 Å². The molecule has 2 heterocycles. The number of hydrogen-bond donors (Lipinski definition) is 1. The van der Waals surface area contributed by atoms with Gasteiger partial charge >= 0.3 is 0 Å². The molecule has 0 aliphatic carbocycles. The highest BCUT2D eigenvalue weighted by Gasteiger charge is 2.29. The minimum Gasteiger partial charge on any atom is -0.381 e. The highest BCUT2D eigenvalue weighted by molar-refractivity contribution is 5.80. The first kappa shape index (κ1) is 21.3. The van der Waals surface area contributed by atoms with Crippen molar-refractivity contribution in [2.45, 2.75) is 38.6 Å². The third kappa shape index (κ3) is 5.79. The predicted octanol–water partition coefficient (Wildman–Crippen LogP) is 1.74. The molecule has 0 spiro atoms. The zero-order valence-corrected chi connectivity index (χ0v) is 17.1. The Labute approximate surface area is 172 Å². The molecule has 3 amide bonds. The molecule has 0 saturated carbocycles. The van der Waals surface area contributed by atoms with E-state index >= 15 is 0 Å². The minimum absolute atomic E-state index is 0.00874. The molecule has 7 nitrogen and oxygen atoms in total. The van der Waals surface area contributed by atoms with Gasteiger partial charge in [0.05, 0.1) is 12.5 Å². The van der Waals surface area contributed by atoms with Gasteiger partial charge in [0.25, 0.3) is 0 Å². The summed E-state index contributed by atoms with van der Waals surface area (Å²) in [6.07, 6.45) is 2.40. The summed E-state index contributed by atoms with van der Waals surface area (Å²) >= 11 is 0. The highest BCUT2D eigenvalue weighted by atomic mass is 16.5. The SMILES string of the molecule is CC(=O)N1CCCN(C(=O)C2CCOCC2)CCNC(=O)CC1c1ccccc1. The van der Waals surface area contributed by atoms with E-state index in [1.807, 2.05) is 35.2 Å². The van der Waals surface area contributed by atoms with Crippen LogP contribution in [0.25, 0.3) is 0 Å². The topological polar surface area (TPSA) is 79.0 Å². The molecular weight excluding hydrogens is 370 g/mol. The molecule has 2 aliphatic heterocycles. The van der Waals surface area contributed by atoms with Crippen LogP contribution in [0.5, 0.6) is 0 Å². The first-order valence-corrected chi connectivity index (χ1v) is 10.5. The lowest BCUT2D eigenvalue weighted by Crippen LogP contribution is -2.43. The van der Waals surface area contributed by atoms with E-state index in [0.29, 0.717) is 45.8 Å². The smallest absolute Gasteiger partial charge is 0.225 e. The Balaban J connectivity index is 1.75. The number of hydrogen-bond acceptors (Lipinski definition) is 4. The number of amides is 3. The van der Waals surface area contributed by atoms with Crippen molar-refractivity contribution < 1.29 is 19.1 Å². The summed E-state index contributed by atoms with van der Waals surface area (Å²) in [6.45, 7) is 4.80. The van der Waals surface area contributed by atoms with E-state index in [9.17, 15) is 14.4 Å². The fraction of sp³-hybridized carbons (Fsp3) is 0.591. The molecule has 2 fully saturated rings. The lowest BCUT2D eigenvalue weighted by Gasteiger charge is -2.32. The Morgan fingerprint density at radius 3 is 2.48 bits per heavy atom. The van der Waals surface area contributed by atoms with Crippen LogP contribution in [0, 0.1) is 5.92 Å². The van der Waals surface area contributed by atoms with Gasteiger partial charge in [-0.05, 0) is 24.8 Å². The van der Waals surface area contributed by atoms with Crippen LogP contribution >= 0.6 is 0 Å². The Bertz CT molecular complexity index is 703. The van der Waals surface area contributed by atoms with E-state index in [4.69, 9.17) is 4.74 Å². The number of carbonyl (C=O) groups excluding carboxylic acids is 3. The maximum absolute atomic E-state index is 13.0. The Morgan fingerprint density at radius 2 is 1.79 bits per heavy atom. The van der Waals surface area contributed by atoms with E-state index in [1.165, 1.54) is 0 Å². The standard InChI is InChI=1S/C22H31N3O4/c1-17(26)25-12-5-11-24(22(28)19-8-14-29-15-9-19)13-10-23-21(27)16-20(25)18-6-3-2-4-7-18/h2-4,6-7,19-20H,5,8-16H2,1H3,(H,23,27). The van der Waals surface area contributed by atoms with Gasteiger partial charge in [-0.1, -0.05) is 30.3 Å². The molecule has 7 heteroatoms. The van der Waals surface area contributed by atoms with Gasteiger partial charge in [0, 0.05) is 52.2 Å². The Kier molecular flexibility index (Phi) is 7.63. The van der Waals surface area contributed by atoms with Crippen LogP contribution in [0.4, 0.5) is 0 Å². The Morgan fingerprint density at radius 1 is 1.07 bits per heavy atom. The summed E-state index contributed by atoms with van der Waals surface area (Å²) < 4.78 is 5.37. The average molecular weight is 402 g/mol. The largest absolute Gasteiger partial charge is 0.381 e. The van der Waals surface area contributed by atoms with Gasteiger partial charge in [0.1, 0.15) is 0 Å². The number of nitrogens with one attached hydrogen (secondary N) is 1. The van der Waals surface area contributed by atoms with Gasteiger partial charge in [-0.2, -0.15) is 0 Å². The zero-order chi connectivity index (χ0) is 20.6. The maximum atomic E-state index is 13.0. The van der Waals surface area contributed by atoms with Crippen molar-refractivity contribution >= 4 is 17.7 Å². The number of rotatable bonds is 2. The van der Waals surface area contributed by atoms with E-state index in [0.717, 1.165) is 18.4 Å². The zero-order valence-electron chi connectivity index (χ0n) is 17.1. The number of nitrogens with zero attached hydrogens (tertiary/aromatic N) is 2. The molecule has 29 heavy (non-hydrogen) atoms. The van der Waals surface area contributed by atoms with Crippen LogP contribution in [-0.4, -0.2) is 66.9 Å². The number of benzene rings is 1. The van der Waals surface area contributed by atoms with Crippen molar-refractivity contribution in [1.82, 2.24) is 15.1 Å². The lowest BCUT2D eigenvalue weighted by molar-refractivity contribution is -0.138. The lowest BCUT2D eigenvalue weighted by atomic mass is 9.98. The Hall–Kier alpha value is -2.41. The quantitative estimate of drug-likeness (QED) is 0.819. The van der Waals surface area contributed by atoms with Crippen LogP contribution in [0.1, 0.15) is 44.2 Å². The van der Waals surface area contributed by atoms with Crippen molar-refractivity contribution in [2.75, 3.05) is 39.4 Å². The minimum atomic E-state index is -0.300. The molecule has 0 aromatic heterocycles. The molecule has 3 rings (SSSR count).